The summed E-state index contributed by atoms with van der Waals surface area (Å²) in [7, 11) is 3.28. The average Bonchev–Trinajstić information content (AvgIpc) is 2.68. The number of rotatable bonds is 3. The van der Waals surface area contributed by atoms with E-state index in [0.29, 0.717) is 6.42 Å². The van der Waals surface area contributed by atoms with Gasteiger partial charge in [-0.3, -0.25) is 4.79 Å². The Bertz CT molecular complexity index is 1020. The Morgan fingerprint density at radius 3 is 2.50 bits per heavy atom. The fourth-order valence-electron chi connectivity index (χ4n) is 3.64. The number of ether oxygens (including phenoxy) is 2. The maximum absolute atomic E-state index is 12.5. The molecule has 0 fully saturated rings. The van der Waals surface area contributed by atoms with E-state index in [0.717, 1.165) is 43.6 Å². The second-order valence-corrected chi connectivity index (χ2v) is 7.14. The third kappa shape index (κ3) is 2.72. The van der Waals surface area contributed by atoms with Gasteiger partial charge in [0.25, 0.3) is 0 Å². The van der Waals surface area contributed by atoms with E-state index in [1.807, 2.05) is 42.5 Å². The zero-order valence-electron chi connectivity index (χ0n) is 14.5. The summed E-state index contributed by atoms with van der Waals surface area (Å²) in [6, 6.07) is 15.9. The highest BCUT2D eigenvalue weighted by atomic mass is 79.9. The molecule has 1 heterocycles. The van der Waals surface area contributed by atoms with E-state index in [1.165, 1.54) is 0 Å². The van der Waals surface area contributed by atoms with E-state index in [1.54, 1.807) is 14.2 Å². The van der Waals surface area contributed by atoms with Gasteiger partial charge in [-0.1, -0.05) is 40.2 Å². The second kappa shape index (κ2) is 6.65. The monoisotopic (exact) mass is 411 g/mol. The lowest BCUT2D eigenvalue weighted by Crippen LogP contribution is -2.24. The van der Waals surface area contributed by atoms with E-state index in [2.05, 4.69) is 27.3 Å². The highest BCUT2D eigenvalue weighted by Crippen LogP contribution is 2.46. The summed E-state index contributed by atoms with van der Waals surface area (Å²) in [6.45, 7) is 0. The van der Waals surface area contributed by atoms with E-state index >= 15 is 0 Å². The molecule has 0 spiro atoms. The Kier molecular flexibility index (Phi) is 4.32. The van der Waals surface area contributed by atoms with Gasteiger partial charge >= 0.3 is 0 Å². The average molecular weight is 412 g/mol. The zero-order valence-corrected chi connectivity index (χ0v) is 16.1. The third-order valence-corrected chi connectivity index (χ3v) is 5.52. The highest BCUT2D eigenvalue weighted by molar-refractivity contribution is 9.10. The van der Waals surface area contributed by atoms with Crippen molar-refractivity contribution in [1.29, 1.82) is 0 Å². The van der Waals surface area contributed by atoms with Gasteiger partial charge in [-0.2, -0.15) is 0 Å². The lowest BCUT2D eigenvalue weighted by molar-refractivity contribution is -0.116. The van der Waals surface area contributed by atoms with Crippen LogP contribution in [0.5, 0.6) is 11.5 Å². The number of amides is 1. The summed E-state index contributed by atoms with van der Waals surface area (Å²) in [6.07, 6.45) is 0.362. The SMILES string of the molecule is COc1ccc(OC)c(C2CC(=O)Nc3c2cc(Br)c2ccccc32)c1. The molecule has 0 saturated heterocycles. The van der Waals surface area contributed by atoms with Gasteiger partial charge in [0.1, 0.15) is 11.5 Å². The van der Waals surface area contributed by atoms with Crippen molar-refractivity contribution in [3.8, 4) is 11.5 Å². The molecule has 0 radical (unpaired) electrons. The molecule has 0 bridgehead atoms. The first-order valence-corrected chi connectivity index (χ1v) is 9.14. The highest BCUT2D eigenvalue weighted by Gasteiger charge is 2.30. The quantitative estimate of drug-likeness (QED) is 0.652. The third-order valence-electron chi connectivity index (χ3n) is 4.87. The smallest absolute Gasteiger partial charge is 0.225 e. The van der Waals surface area contributed by atoms with Gasteiger partial charge in [0.05, 0.1) is 19.9 Å². The summed E-state index contributed by atoms with van der Waals surface area (Å²) in [4.78, 5) is 12.5. The molecule has 1 amide bonds. The minimum atomic E-state index is -0.107. The first-order valence-electron chi connectivity index (χ1n) is 8.35. The van der Waals surface area contributed by atoms with Gasteiger partial charge in [0, 0.05) is 27.8 Å². The van der Waals surface area contributed by atoms with Gasteiger partial charge in [-0.05, 0) is 35.2 Å². The number of anilines is 1. The fourth-order valence-corrected chi connectivity index (χ4v) is 4.23. The van der Waals surface area contributed by atoms with E-state index in [4.69, 9.17) is 9.47 Å². The van der Waals surface area contributed by atoms with Crippen molar-refractivity contribution >= 4 is 38.3 Å². The van der Waals surface area contributed by atoms with Crippen LogP contribution in [0.2, 0.25) is 0 Å². The molecule has 3 aromatic rings. The number of benzene rings is 3. The number of hydrogen-bond acceptors (Lipinski definition) is 3. The van der Waals surface area contributed by atoms with Gasteiger partial charge < -0.3 is 14.8 Å². The number of nitrogens with one attached hydrogen (secondary N) is 1. The maximum Gasteiger partial charge on any atom is 0.225 e. The summed E-state index contributed by atoms with van der Waals surface area (Å²) >= 11 is 3.69. The predicted molar refractivity (Wildman–Crippen MR) is 106 cm³/mol. The molecule has 1 atom stereocenters. The number of halogens is 1. The second-order valence-electron chi connectivity index (χ2n) is 6.28. The Labute approximate surface area is 160 Å². The molecule has 5 heteroatoms. The van der Waals surface area contributed by atoms with Crippen LogP contribution in [-0.2, 0) is 4.79 Å². The molecular formula is C21H18BrNO3. The molecule has 1 N–H and O–H groups in total. The van der Waals surface area contributed by atoms with E-state index in [-0.39, 0.29) is 11.8 Å². The summed E-state index contributed by atoms with van der Waals surface area (Å²) < 4.78 is 12.0. The minimum Gasteiger partial charge on any atom is -0.497 e. The van der Waals surface area contributed by atoms with Crippen molar-refractivity contribution in [1.82, 2.24) is 0 Å². The number of fused-ring (bicyclic) bond motifs is 3. The number of carbonyl (C=O) groups is 1. The first-order chi connectivity index (χ1) is 12.6. The van der Waals surface area contributed by atoms with Gasteiger partial charge in [0.15, 0.2) is 0 Å². The molecule has 3 aromatic carbocycles. The van der Waals surface area contributed by atoms with Gasteiger partial charge in [0.2, 0.25) is 5.91 Å². The van der Waals surface area contributed by atoms with Crippen molar-refractivity contribution in [2.24, 2.45) is 0 Å². The van der Waals surface area contributed by atoms with Gasteiger partial charge in [-0.25, -0.2) is 0 Å². The van der Waals surface area contributed by atoms with Crippen LogP contribution in [0.3, 0.4) is 0 Å². The fraction of sp³-hybridized carbons (Fsp3) is 0.190. The Balaban J connectivity index is 1.98. The molecule has 1 aliphatic heterocycles. The summed E-state index contributed by atoms with van der Waals surface area (Å²) in [5.41, 5.74) is 2.89. The number of carbonyl (C=O) groups excluding carboxylic acids is 1. The molecule has 4 nitrogen and oxygen atoms in total. The van der Waals surface area contributed by atoms with Crippen LogP contribution >= 0.6 is 15.9 Å². The van der Waals surface area contributed by atoms with Crippen LogP contribution in [0.25, 0.3) is 10.8 Å². The molecule has 1 aliphatic rings. The van der Waals surface area contributed by atoms with Crippen molar-refractivity contribution in [3.05, 3.63) is 64.1 Å². The first kappa shape index (κ1) is 16.9. The van der Waals surface area contributed by atoms with E-state index < -0.39 is 0 Å². The largest absolute Gasteiger partial charge is 0.497 e. The van der Waals surface area contributed by atoms with Crippen LogP contribution in [-0.4, -0.2) is 20.1 Å². The van der Waals surface area contributed by atoms with Gasteiger partial charge in [-0.15, -0.1) is 0 Å². The summed E-state index contributed by atoms with van der Waals surface area (Å²) in [5.74, 6) is 1.39. The van der Waals surface area contributed by atoms with Crippen molar-refractivity contribution < 1.29 is 14.3 Å². The van der Waals surface area contributed by atoms with Crippen LogP contribution in [0.4, 0.5) is 5.69 Å². The summed E-state index contributed by atoms with van der Waals surface area (Å²) in [5, 5.41) is 5.16. The predicted octanol–water partition coefficient (Wildman–Crippen LogP) is 5.09. The molecular weight excluding hydrogens is 394 g/mol. The van der Waals surface area contributed by atoms with Crippen LogP contribution < -0.4 is 14.8 Å². The molecule has 0 aliphatic carbocycles. The number of hydrogen-bond donors (Lipinski definition) is 1. The lowest BCUT2D eigenvalue weighted by Gasteiger charge is -2.29. The number of methoxy groups -OCH3 is 2. The molecule has 1 unspecified atom stereocenters. The molecule has 132 valence electrons. The minimum absolute atomic E-state index is 0.000140. The molecule has 26 heavy (non-hydrogen) atoms. The standard InChI is InChI=1S/C21H18BrNO3/c1-25-12-7-8-19(26-2)16(9-12)15-11-20(24)23-21-14-6-4-3-5-13(14)18(22)10-17(15)21/h3-10,15H,11H2,1-2H3,(H,23,24). The Morgan fingerprint density at radius 1 is 1.00 bits per heavy atom. The van der Waals surface area contributed by atoms with Crippen LogP contribution in [0, 0.1) is 0 Å². The van der Waals surface area contributed by atoms with Crippen LogP contribution in [0.1, 0.15) is 23.5 Å². The lowest BCUT2D eigenvalue weighted by atomic mass is 9.83. The molecule has 0 saturated carbocycles. The topological polar surface area (TPSA) is 47.6 Å². The van der Waals surface area contributed by atoms with Crippen LogP contribution in [0.15, 0.2) is 53.0 Å². The zero-order chi connectivity index (χ0) is 18.3. The molecule has 0 aromatic heterocycles. The van der Waals surface area contributed by atoms with Crippen molar-refractivity contribution in [2.75, 3.05) is 19.5 Å². The maximum atomic E-state index is 12.5. The van der Waals surface area contributed by atoms with Crippen molar-refractivity contribution in [3.63, 3.8) is 0 Å². The molecule has 4 rings (SSSR count). The Hall–Kier alpha value is -2.53. The van der Waals surface area contributed by atoms with E-state index in [9.17, 15) is 4.79 Å². The normalized spacial score (nSPS) is 16.1. The van der Waals surface area contributed by atoms with Crippen molar-refractivity contribution in [2.45, 2.75) is 12.3 Å². The Morgan fingerprint density at radius 2 is 1.77 bits per heavy atom.